The van der Waals surface area contributed by atoms with E-state index in [2.05, 4.69) is 23.8 Å². The molecule has 0 fully saturated rings. The van der Waals surface area contributed by atoms with Gasteiger partial charge in [0.25, 0.3) is 0 Å². The monoisotopic (exact) mass is 192 g/mol. The topological polar surface area (TPSA) is 45.8 Å². The van der Waals surface area contributed by atoms with Crippen LogP contribution in [0.4, 0.5) is 0 Å². The van der Waals surface area contributed by atoms with Crippen LogP contribution in [-0.4, -0.2) is 9.97 Å². The standard InChI is InChI=1S/C11H16N2O/c1-7(2)9-5-3-4-8-6-12-11(14)13-10(8)9/h6-7,9H,3-5H2,1-2H3,(H,12,13,14). The van der Waals surface area contributed by atoms with E-state index in [0.29, 0.717) is 11.8 Å². The van der Waals surface area contributed by atoms with Crippen LogP contribution in [0.3, 0.4) is 0 Å². The van der Waals surface area contributed by atoms with Gasteiger partial charge in [0.2, 0.25) is 0 Å². The molecule has 0 radical (unpaired) electrons. The number of nitrogens with zero attached hydrogens (tertiary/aromatic N) is 1. The molecule has 0 amide bonds. The van der Waals surface area contributed by atoms with E-state index >= 15 is 0 Å². The van der Waals surface area contributed by atoms with Crippen LogP contribution >= 0.6 is 0 Å². The molecule has 2 rings (SSSR count). The molecule has 1 aliphatic carbocycles. The third-order valence-corrected chi connectivity index (χ3v) is 3.06. The molecule has 1 unspecified atom stereocenters. The highest BCUT2D eigenvalue weighted by atomic mass is 16.1. The molecule has 0 aliphatic heterocycles. The van der Waals surface area contributed by atoms with E-state index in [9.17, 15) is 4.79 Å². The van der Waals surface area contributed by atoms with Gasteiger partial charge in [-0.05, 0) is 30.7 Å². The summed E-state index contributed by atoms with van der Waals surface area (Å²) < 4.78 is 0. The summed E-state index contributed by atoms with van der Waals surface area (Å²) in [5, 5.41) is 0. The van der Waals surface area contributed by atoms with Gasteiger partial charge in [-0.1, -0.05) is 13.8 Å². The smallest absolute Gasteiger partial charge is 0.309 e. The summed E-state index contributed by atoms with van der Waals surface area (Å²) in [6.45, 7) is 4.41. The van der Waals surface area contributed by atoms with Crippen LogP contribution < -0.4 is 5.69 Å². The molecule has 76 valence electrons. The number of aryl methyl sites for hydroxylation is 1. The lowest BCUT2D eigenvalue weighted by atomic mass is 9.80. The number of fused-ring (bicyclic) bond motifs is 1. The minimum Gasteiger partial charge on any atom is -0.309 e. The molecule has 1 aromatic heterocycles. The normalized spacial score (nSPS) is 20.9. The first-order valence-corrected chi connectivity index (χ1v) is 5.26. The van der Waals surface area contributed by atoms with Crippen LogP contribution in [-0.2, 0) is 6.42 Å². The van der Waals surface area contributed by atoms with Gasteiger partial charge >= 0.3 is 5.69 Å². The Balaban J connectivity index is 2.47. The summed E-state index contributed by atoms with van der Waals surface area (Å²) in [5.74, 6) is 1.10. The zero-order chi connectivity index (χ0) is 10.1. The first-order chi connectivity index (χ1) is 6.68. The largest absolute Gasteiger partial charge is 0.345 e. The Morgan fingerprint density at radius 3 is 3.07 bits per heavy atom. The number of H-pyrrole nitrogens is 1. The Bertz CT molecular complexity index is 381. The molecular weight excluding hydrogens is 176 g/mol. The predicted molar refractivity (Wildman–Crippen MR) is 55.4 cm³/mol. The highest BCUT2D eigenvalue weighted by Gasteiger charge is 2.23. The van der Waals surface area contributed by atoms with Gasteiger partial charge in [-0.25, -0.2) is 9.78 Å². The molecule has 0 bridgehead atoms. The summed E-state index contributed by atoms with van der Waals surface area (Å²) in [5.41, 5.74) is 2.15. The van der Waals surface area contributed by atoms with Crippen LogP contribution in [0.2, 0.25) is 0 Å². The van der Waals surface area contributed by atoms with Crippen molar-refractivity contribution in [2.75, 3.05) is 0 Å². The zero-order valence-corrected chi connectivity index (χ0v) is 8.71. The van der Waals surface area contributed by atoms with E-state index in [1.165, 1.54) is 18.4 Å². The van der Waals surface area contributed by atoms with E-state index in [1.807, 2.05) is 0 Å². The number of aromatic nitrogens is 2. The average molecular weight is 192 g/mol. The lowest BCUT2D eigenvalue weighted by Gasteiger charge is -2.27. The molecule has 1 N–H and O–H groups in total. The molecule has 1 atom stereocenters. The van der Waals surface area contributed by atoms with E-state index in [-0.39, 0.29) is 5.69 Å². The molecule has 1 aliphatic rings. The zero-order valence-electron chi connectivity index (χ0n) is 8.71. The highest BCUT2D eigenvalue weighted by molar-refractivity contribution is 5.23. The van der Waals surface area contributed by atoms with Gasteiger partial charge in [0, 0.05) is 17.8 Å². The van der Waals surface area contributed by atoms with Gasteiger partial charge < -0.3 is 4.98 Å². The minimum atomic E-state index is -0.212. The maximum atomic E-state index is 11.1. The average Bonchev–Trinajstić information content (AvgIpc) is 2.16. The lowest BCUT2D eigenvalue weighted by Crippen LogP contribution is -2.22. The summed E-state index contributed by atoms with van der Waals surface area (Å²) >= 11 is 0. The first-order valence-electron chi connectivity index (χ1n) is 5.26. The van der Waals surface area contributed by atoms with Crippen molar-refractivity contribution in [1.82, 2.24) is 9.97 Å². The fraction of sp³-hybridized carbons (Fsp3) is 0.636. The van der Waals surface area contributed by atoms with Crippen molar-refractivity contribution >= 4 is 0 Å². The van der Waals surface area contributed by atoms with E-state index in [1.54, 1.807) is 6.20 Å². The van der Waals surface area contributed by atoms with Crippen molar-refractivity contribution in [3.05, 3.63) is 27.9 Å². The molecule has 0 saturated carbocycles. The van der Waals surface area contributed by atoms with Gasteiger partial charge in [0.1, 0.15) is 0 Å². The van der Waals surface area contributed by atoms with E-state index in [0.717, 1.165) is 12.1 Å². The van der Waals surface area contributed by atoms with Gasteiger partial charge in [0.05, 0.1) is 0 Å². The molecule has 3 nitrogen and oxygen atoms in total. The van der Waals surface area contributed by atoms with Crippen molar-refractivity contribution in [1.29, 1.82) is 0 Å². The third kappa shape index (κ3) is 1.59. The molecular formula is C11H16N2O. The van der Waals surface area contributed by atoms with Gasteiger partial charge in [0.15, 0.2) is 0 Å². The molecule has 3 heteroatoms. The SMILES string of the molecule is CC(C)C1CCCc2cnc(=O)[nH]c21. The van der Waals surface area contributed by atoms with Crippen LogP contribution in [0.25, 0.3) is 0 Å². The number of hydrogen-bond acceptors (Lipinski definition) is 2. The Morgan fingerprint density at radius 2 is 2.36 bits per heavy atom. The molecule has 0 saturated heterocycles. The van der Waals surface area contributed by atoms with Crippen LogP contribution in [0.15, 0.2) is 11.0 Å². The third-order valence-electron chi connectivity index (χ3n) is 3.06. The van der Waals surface area contributed by atoms with Crippen LogP contribution in [0, 0.1) is 5.92 Å². The lowest BCUT2D eigenvalue weighted by molar-refractivity contribution is 0.420. The summed E-state index contributed by atoms with van der Waals surface area (Å²) in [4.78, 5) is 17.8. The molecule has 1 aromatic rings. The van der Waals surface area contributed by atoms with Crippen molar-refractivity contribution in [3.8, 4) is 0 Å². The first kappa shape index (κ1) is 9.44. The fourth-order valence-electron chi connectivity index (χ4n) is 2.29. The Kier molecular flexibility index (Phi) is 2.40. The quantitative estimate of drug-likeness (QED) is 0.738. The number of aromatic amines is 1. The molecule has 0 spiro atoms. The van der Waals surface area contributed by atoms with Crippen molar-refractivity contribution in [3.63, 3.8) is 0 Å². The van der Waals surface area contributed by atoms with E-state index < -0.39 is 0 Å². The predicted octanol–water partition coefficient (Wildman–Crippen LogP) is 1.85. The summed E-state index contributed by atoms with van der Waals surface area (Å²) in [6.07, 6.45) is 5.19. The maximum Gasteiger partial charge on any atom is 0.345 e. The summed E-state index contributed by atoms with van der Waals surface area (Å²) in [6, 6.07) is 0. The minimum absolute atomic E-state index is 0.212. The van der Waals surface area contributed by atoms with Gasteiger partial charge in [-0.2, -0.15) is 0 Å². The van der Waals surface area contributed by atoms with Crippen molar-refractivity contribution < 1.29 is 0 Å². The maximum absolute atomic E-state index is 11.1. The molecule has 0 aromatic carbocycles. The van der Waals surface area contributed by atoms with Gasteiger partial charge in [-0.15, -0.1) is 0 Å². The number of hydrogen-bond donors (Lipinski definition) is 1. The van der Waals surface area contributed by atoms with Gasteiger partial charge in [-0.3, -0.25) is 0 Å². The Morgan fingerprint density at radius 1 is 1.57 bits per heavy atom. The second-order valence-corrected chi connectivity index (χ2v) is 4.37. The van der Waals surface area contributed by atoms with Crippen LogP contribution in [0.1, 0.15) is 43.9 Å². The van der Waals surface area contributed by atoms with E-state index in [4.69, 9.17) is 0 Å². The Hall–Kier alpha value is -1.12. The number of rotatable bonds is 1. The second kappa shape index (κ2) is 3.56. The number of nitrogens with one attached hydrogen (secondary N) is 1. The Labute approximate surface area is 83.6 Å². The molecule has 14 heavy (non-hydrogen) atoms. The summed E-state index contributed by atoms with van der Waals surface area (Å²) in [7, 11) is 0. The van der Waals surface area contributed by atoms with Crippen LogP contribution in [0.5, 0.6) is 0 Å². The van der Waals surface area contributed by atoms with Crippen molar-refractivity contribution in [2.24, 2.45) is 5.92 Å². The fourth-order valence-corrected chi connectivity index (χ4v) is 2.29. The second-order valence-electron chi connectivity index (χ2n) is 4.37. The molecule has 1 heterocycles. The highest BCUT2D eigenvalue weighted by Crippen LogP contribution is 2.34. The van der Waals surface area contributed by atoms with Crippen molar-refractivity contribution in [2.45, 2.75) is 39.0 Å².